The fraction of sp³-hybridized carbons (Fsp3) is 0.250. The van der Waals surface area contributed by atoms with Crippen LogP contribution in [0.5, 0.6) is 5.75 Å². The number of nitrogen functional groups attached to an aromatic ring is 1. The maximum atomic E-state index is 9.93. The second-order valence-electron chi connectivity index (χ2n) is 6.71. The van der Waals surface area contributed by atoms with Crippen molar-refractivity contribution in [1.82, 2.24) is 4.98 Å². The summed E-state index contributed by atoms with van der Waals surface area (Å²) in [6.45, 7) is 4.39. The van der Waals surface area contributed by atoms with E-state index in [0.717, 1.165) is 27.9 Å². The summed E-state index contributed by atoms with van der Waals surface area (Å²) in [6.07, 6.45) is 1.62. The Kier molecular flexibility index (Phi) is 4.76. The van der Waals surface area contributed by atoms with Crippen LogP contribution in [-0.2, 0) is 6.61 Å². The van der Waals surface area contributed by atoms with Crippen molar-refractivity contribution in [1.29, 1.82) is 0 Å². The highest BCUT2D eigenvalue weighted by Gasteiger charge is 2.14. The van der Waals surface area contributed by atoms with Crippen molar-refractivity contribution in [2.75, 3.05) is 17.6 Å². The van der Waals surface area contributed by atoms with Crippen LogP contribution in [0.1, 0.15) is 19.4 Å². The minimum absolute atomic E-state index is 0.391. The molecule has 5 nitrogen and oxygen atoms in total. The van der Waals surface area contributed by atoms with Gasteiger partial charge < -0.3 is 20.9 Å². The van der Waals surface area contributed by atoms with E-state index in [9.17, 15) is 5.11 Å². The fourth-order valence-electron chi connectivity index (χ4n) is 2.52. The molecule has 130 valence electrons. The highest BCUT2D eigenvalue weighted by molar-refractivity contribution is 5.97. The molecular formula is C20H23N3O2. The van der Waals surface area contributed by atoms with Gasteiger partial charge in [-0.3, -0.25) is 4.98 Å². The number of aliphatic hydroxyl groups is 1. The minimum Gasteiger partial charge on any atom is -0.489 e. The molecular weight excluding hydrogens is 314 g/mol. The number of nitrogens with zero attached hydrogens (tertiary/aromatic N) is 1. The molecule has 5 heteroatoms. The van der Waals surface area contributed by atoms with Gasteiger partial charge in [0.25, 0.3) is 0 Å². The summed E-state index contributed by atoms with van der Waals surface area (Å²) < 4.78 is 5.85. The lowest BCUT2D eigenvalue weighted by molar-refractivity contribution is 0.0946. The van der Waals surface area contributed by atoms with Crippen LogP contribution in [0, 0.1) is 0 Å². The number of rotatable bonds is 6. The lowest BCUT2D eigenvalue weighted by atomic mass is 10.1. The van der Waals surface area contributed by atoms with Gasteiger partial charge in [-0.2, -0.15) is 0 Å². The van der Waals surface area contributed by atoms with Crippen molar-refractivity contribution >= 4 is 22.3 Å². The topological polar surface area (TPSA) is 80.4 Å². The second-order valence-corrected chi connectivity index (χ2v) is 6.71. The first kappa shape index (κ1) is 17.0. The Hall–Kier alpha value is -2.79. The Labute approximate surface area is 147 Å². The zero-order valence-corrected chi connectivity index (χ0v) is 14.5. The third-order valence-electron chi connectivity index (χ3n) is 3.82. The first-order valence-corrected chi connectivity index (χ1v) is 8.23. The van der Waals surface area contributed by atoms with Crippen molar-refractivity contribution in [3.8, 4) is 5.75 Å². The number of nitrogens with one attached hydrogen (secondary N) is 1. The Morgan fingerprint density at radius 1 is 1.16 bits per heavy atom. The first-order valence-electron chi connectivity index (χ1n) is 8.23. The fourth-order valence-corrected chi connectivity index (χ4v) is 2.52. The largest absolute Gasteiger partial charge is 0.489 e. The van der Waals surface area contributed by atoms with E-state index in [-0.39, 0.29) is 0 Å². The average Bonchev–Trinajstić information content (AvgIpc) is 2.59. The molecule has 0 saturated heterocycles. The van der Waals surface area contributed by atoms with Gasteiger partial charge in [-0.15, -0.1) is 0 Å². The van der Waals surface area contributed by atoms with Crippen LogP contribution < -0.4 is 15.8 Å². The third-order valence-corrected chi connectivity index (χ3v) is 3.82. The molecule has 0 aliphatic carbocycles. The quantitative estimate of drug-likeness (QED) is 0.640. The Bertz CT molecular complexity index is 858. The van der Waals surface area contributed by atoms with Crippen LogP contribution >= 0.6 is 0 Å². The molecule has 3 aromatic rings. The van der Waals surface area contributed by atoms with E-state index < -0.39 is 5.60 Å². The number of ether oxygens (including phenoxy) is 1. The molecule has 0 atom stereocenters. The predicted octanol–water partition coefficient (Wildman–Crippen LogP) is 3.58. The zero-order chi connectivity index (χ0) is 17.9. The van der Waals surface area contributed by atoms with Crippen LogP contribution in [0.2, 0.25) is 0 Å². The van der Waals surface area contributed by atoms with E-state index in [2.05, 4.69) is 10.3 Å². The Morgan fingerprint density at radius 3 is 2.64 bits per heavy atom. The summed E-state index contributed by atoms with van der Waals surface area (Å²) in [6, 6.07) is 15.8. The van der Waals surface area contributed by atoms with Gasteiger partial charge >= 0.3 is 0 Å². The van der Waals surface area contributed by atoms with Crippen LogP contribution in [0.4, 0.5) is 11.4 Å². The molecule has 1 heterocycles. The van der Waals surface area contributed by atoms with Crippen molar-refractivity contribution in [2.45, 2.75) is 26.1 Å². The van der Waals surface area contributed by atoms with E-state index >= 15 is 0 Å². The molecule has 0 fully saturated rings. The lowest BCUT2D eigenvalue weighted by Crippen LogP contribution is -2.29. The van der Waals surface area contributed by atoms with E-state index in [1.165, 1.54) is 0 Å². The molecule has 0 aliphatic heterocycles. The number of hydrogen-bond acceptors (Lipinski definition) is 5. The SMILES string of the molecule is CC(C)(O)CNc1c(N)cnc2cc(OCc3ccccc3)ccc12. The number of pyridine rings is 1. The van der Waals surface area contributed by atoms with E-state index in [1.54, 1.807) is 20.0 Å². The van der Waals surface area contributed by atoms with E-state index in [1.807, 2.05) is 48.5 Å². The highest BCUT2D eigenvalue weighted by Crippen LogP contribution is 2.30. The number of benzene rings is 2. The molecule has 4 N–H and O–H groups in total. The average molecular weight is 337 g/mol. The summed E-state index contributed by atoms with van der Waals surface area (Å²) >= 11 is 0. The second kappa shape index (κ2) is 6.99. The highest BCUT2D eigenvalue weighted by atomic mass is 16.5. The monoisotopic (exact) mass is 337 g/mol. The molecule has 0 saturated carbocycles. The molecule has 0 radical (unpaired) electrons. The van der Waals surface area contributed by atoms with Crippen molar-refractivity contribution < 1.29 is 9.84 Å². The van der Waals surface area contributed by atoms with Gasteiger partial charge in [0.2, 0.25) is 0 Å². The van der Waals surface area contributed by atoms with Gasteiger partial charge in [0.1, 0.15) is 12.4 Å². The minimum atomic E-state index is -0.833. The molecule has 0 amide bonds. The molecule has 0 aliphatic rings. The standard InChI is InChI=1S/C20H23N3O2/c1-20(2,24)13-23-19-16-9-8-15(10-18(16)22-11-17(19)21)25-12-14-6-4-3-5-7-14/h3-11,24H,12-13,21H2,1-2H3,(H,22,23). The van der Waals surface area contributed by atoms with Crippen LogP contribution in [0.3, 0.4) is 0 Å². The summed E-state index contributed by atoms with van der Waals surface area (Å²) in [5.74, 6) is 0.752. The van der Waals surface area contributed by atoms with Crippen LogP contribution in [0.15, 0.2) is 54.7 Å². The predicted molar refractivity (Wildman–Crippen MR) is 102 cm³/mol. The Balaban J connectivity index is 1.82. The molecule has 25 heavy (non-hydrogen) atoms. The van der Waals surface area contributed by atoms with Crippen molar-refractivity contribution in [3.63, 3.8) is 0 Å². The Morgan fingerprint density at radius 2 is 1.92 bits per heavy atom. The van der Waals surface area contributed by atoms with Gasteiger partial charge in [-0.1, -0.05) is 30.3 Å². The van der Waals surface area contributed by atoms with Crippen LogP contribution in [0.25, 0.3) is 10.9 Å². The smallest absolute Gasteiger partial charge is 0.122 e. The number of fused-ring (bicyclic) bond motifs is 1. The number of hydrogen-bond donors (Lipinski definition) is 3. The molecule has 0 bridgehead atoms. The van der Waals surface area contributed by atoms with Gasteiger partial charge in [0, 0.05) is 18.0 Å². The molecule has 0 unspecified atom stereocenters. The molecule has 0 spiro atoms. The number of anilines is 2. The van der Waals surface area contributed by atoms with Crippen molar-refractivity contribution in [3.05, 3.63) is 60.3 Å². The number of nitrogens with two attached hydrogens (primary N) is 1. The molecule has 1 aromatic heterocycles. The lowest BCUT2D eigenvalue weighted by Gasteiger charge is -2.20. The van der Waals surface area contributed by atoms with Gasteiger partial charge in [0.05, 0.1) is 28.7 Å². The maximum absolute atomic E-state index is 9.93. The third kappa shape index (κ3) is 4.39. The van der Waals surface area contributed by atoms with Gasteiger partial charge in [-0.05, 0) is 31.5 Å². The zero-order valence-electron chi connectivity index (χ0n) is 14.5. The summed E-state index contributed by atoms with van der Waals surface area (Å²) in [7, 11) is 0. The van der Waals surface area contributed by atoms with E-state index in [0.29, 0.717) is 18.8 Å². The molecule has 2 aromatic carbocycles. The summed E-state index contributed by atoms with van der Waals surface area (Å²) in [4.78, 5) is 4.39. The van der Waals surface area contributed by atoms with Gasteiger partial charge in [-0.25, -0.2) is 0 Å². The van der Waals surface area contributed by atoms with Crippen molar-refractivity contribution in [2.24, 2.45) is 0 Å². The first-order chi connectivity index (χ1) is 11.9. The maximum Gasteiger partial charge on any atom is 0.122 e. The number of aromatic nitrogens is 1. The van der Waals surface area contributed by atoms with Gasteiger partial charge in [0.15, 0.2) is 0 Å². The van der Waals surface area contributed by atoms with Crippen LogP contribution in [-0.4, -0.2) is 22.2 Å². The molecule has 3 rings (SSSR count). The summed E-state index contributed by atoms with van der Waals surface area (Å²) in [5, 5.41) is 14.0. The normalized spacial score (nSPS) is 11.5. The summed E-state index contributed by atoms with van der Waals surface area (Å²) in [5.41, 5.74) is 8.45. The van der Waals surface area contributed by atoms with E-state index in [4.69, 9.17) is 10.5 Å².